The summed E-state index contributed by atoms with van der Waals surface area (Å²) in [6.45, 7) is 21.4. The van der Waals surface area contributed by atoms with Gasteiger partial charge in [0.25, 0.3) is 0 Å². The van der Waals surface area contributed by atoms with E-state index in [2.05, 4.69) is 65.7 Å². The Morgan fingerprint density at radius 2 is 1.57 bits per heavy atom. The Labute approximate surface area is 409 Å². The van der Waals surface area contributed by atoms with Crippen molar-refractivity contribution in [2.24, 2.45) is 17.8 Å². The molecule has 1 aliphatic carbocycles. The molecule has 6 heterocycles. The molecular formula is C41H68BClF3KN7O4S2+. The molecule has 60 heavy (non-hydrogen) atoms. The number of methoxy groups -OCH3 is 1. The number of piperidine rings is 2. The summed E-state index contributed by atoms with van der Waals surface area (Å²) >= 11 is 6.27. The molecule has 0 bridgehead atoms. The number of alkyl halides is 1. The molecule has 0 aromatic carbocycles. The van der Waals surface area contributed by atoms with Crippen LogP contribution < -0.4 is 75.3 Å². The number of thiophene rings is 1. The molecule has 0 unspecified atom stereocenters. The number of aryl methyl sites for hydroxylation is 1. The van der Waals surface area contributed by atoms with E-state index >= 15 is 0 Å². The summed E-state index contributed by atoms with van der Waals surface area (Å²) < 4.78 is 59.6. The number of aromatic nitrogens is 3. The van der Waals surface area contributed by atoms with Crippen LogP contribution >= 0.6 is 22.9 Å². The van der Waals surface area contributed by atoms with Crippen molar-refractivity contribution in [2.45, 2.75) is 99.0 Å². The van der Waals surface area contributed by atoms with E-state index in [-0.39, 0.29) is 67.7 Å². The number of hydrogen-bond donors (Lipinski definition) is 2. The Hall–Kier alpha value is -0.799. The summed E-state index contributed by atoms with van der Waals surface area (Å²) in [7, 11) is -4.41. The smallest absolute Gasteiger partial charge is 1.00 e. The fraction of sp³-hybridized carbons (Fsp3) is 0.732. The first kappa shape index (κ1) is 55.3. The van der Waals surface area contributed by atoms with Crippen molar-refractivity contribution in [1.29, 1.82) is 0 Å². The second-order valence-electron chi connectivity index (χ2n) is 16.5. The molecular weight excluding hydrogens is 861 g/mol. The largest absolute Gasteiger partial charge is 1.00 e. The first-order valence-corrected chi connectivity index (χ1v) is 24.5. The average molecular weight is 930 g/mol. The predicted octanol–water partition coefficient (Wildman–Crippen LogP) is 1.62. The maximum absolute atomic E-state index is 12.0. The first-order valence-electron chi connectivity index (χ1n) is 21.3. The molecule has 1 saturated carbocycles. The molecule has 11 nitrogen and oxygen atoms in total. The molecule has 4 aliphatic rings. The molecule has 3 saturated heterocycles. The minimum atomic E-state index is -3.53. The van der Waals surface area contributed by atoms with Crippen LogP contribution in [0.4, 0.5) is 20.3 Å². The van der Waals surface area contributed by atoms with Crippen LogP contribution in [0.25, 0.3) is 21.5 Å². The molecule has 334 valence electrons. The van der Waals surface area contributed by atoms with Crippen molar-refractivity contribution < 1.29 is 87.5 Å². The van der Waals surface area contributed by atoms with Gasteiger partial charge in [0.05, 0.1) is 67.9 Å². The molecule has 0 atom stereocenters. The van der Waals surface area contributed by atoms with Crippen LogP contribution in [0, 0.1) is 24.7 Å². The second kappa shape index (κ2) is 28.2. The number of ether oxygens (including phenoxy) is 2. The fourth-order valence-electron chi connectivity index (χ4n) is 7.70. The summed E-state index contributed by atoms with van der Waals surface area (Å²) in [6, 6.07) is 1.73. The van der Waals surface area contributed by atoms with Crippen LogP contribution in [-0.2, 0) is 21.3 Å². The van der Waals surface area contributed by atoms with Crippen LogP contribution in [0.2, 0.25) is 0 Å². The number of fused-ring (bicyclic) bond motifs is 1. The topological polar surface area (TPSA) is 114 Å². The minimum Gasteiger partial charge on any atom is -1.00 e. The van der Waals surface area contributed by atoms with Crippen molar-refractivity contribution in [1.82, 2.24) is 19.9 Å². The van der Waals surface area contributed by atoms with Gasteiger partial charge < -0.3 is 24.0 Å². The van der Waals surface area contributed by atoms with E-state index in [0.717, 1.165) is 72.6 Å². The maximum atomic E-state index is 12.0. The standard InChI is InChI=1S/C25H34N6O4S2.C8H17N.C7H14.CH2BClF2.FH.K/c1-16-5-7-30(8-6-16)15-19-17(2)36-23-21(27-25(28-22(19)23)31-9-11-35-12-10-31)18-13-20(29-37(4,32)33)24(34-3)26-14-18;1-3-9-6-4-8(2)5-7-9;1-7-5-3-2-4-6-7;3-1-2(4)5;;/h13-14,16,29H,5-12,15H2,1-4H3;8H,3-7H2,1-2H3;7H,2-6H2,1H3;1H2;1H;/q;;;;;+1. The van der Waals surface area contributed by atoms with Gasteiger partial charge in [0.1, 0.15) is 5.69 Å². The minimum absolute atomic E-state index is 0. The van der Waals surface area contributed by atoms with Gasteiger partial charge in [-0.25, -0.2) is 23.4 Å². The van der Waals surface area contributed by atoms with Crippen LogP contribution in [0.15, 0.2) is 12.3 Å². The number of sulfonamides is 1. The van der Waals surface area contributed by atoms with Crippen molar-refractivity contribution in [2.75, 3.05) is 87.8 Å². The summed E-state index contributed by atoms with van der Waals surface area (Å²) in [5.74, 6) is 3.12. The van der Waals surface area contributed by atoms with Crippen LogP contribution in [-0.4, -0.2) is 114 Å². The number of anilines is 2. The van der Waals surface area contributed by atoms with Gasteiger partial charge in [-0.1, -0.05) is 52.9 Å². The van der Waals surface area contributed by atoms with E-state index in [1.165, 1.54) is 95.0 Å². The van der Waals surface area contributed by atoms with Crippen molar-refractivity contribution in [3.8, 4) is 17.1 Å². The number of halogens is 4. The molecule has 2 N–H and O–H groups in total. The number of likely N-dealkylation sites (tertiary alicyclic amines) is 2. The van der Waals surface area contributed by atoms with Crippen molar-refractivity contribution in [3.63, 3.8) is 0 Å². The SMILES string of the molecule is CC1CCCCC1.CC[NH+]1CCC(C)CC1.COc1ncc(-c2nc(N3CCOCC3)nc3c(CN4CCC(C)CC4)c(C)sc23)cc1NS(C)(=O)=O.FB(F)CCl.[F-].[K+]. The summed E-state index contributed by atoms with van der Waals surface area (Å²) in [5.41, 5.74) is 3.92. The van der Waals surface area contributed by atoms with E-state index in [1.807, 2.05) is 0 Å². The Bertz CT molecular complexity index is 1800. The van der Waals surface area contributed by atoms with E-state index in [0.29, 0.717) is 24.7 Å². The number of pyridine rings is 1. The molecule has 0 spiro atoms. The maximum Gasteiger partial charge on any atom is 1.00 e. The van der Waals surface area contributed by atoms with Gasteiger partial charge in [-0.05, 0) is 76.4 Å². The van der Waals surface area contributed by atoms with Crippen molar-refractivity contribution >= 4 is 62.1 Å². The van der Waals surface area contributed by atoms with Gasteiger partial charge in [0.15, 0.2) is 0 Å². The normalized spacial score (nSPS) is 20.1. The summed E-state index contributed by atoms with van der Waals surface area (Å²) in [5, 5.41) is 0. The molecule has 3 aromatic heterocycles. The third-order valence-corrected chi connectivity index (χ3v) is 13.4. The summed E-state index contributed by atoms with van der Waals surface area (Å²) in [4.78, 5) is 22.2. The quantitative estimate of drug-likeness (QED) is 0.245. The predicted molar refractivity (Wildman–Crippen MR) is 238 cm³/mol. The van der Waals surface area contributed by atoms with Gasteiger partial charge in [0.2, 0.25) is 21.9 Å². The number of rotatable bonds is 9. The van der Waals surface area contributed by atoms with E-state index < -0.39 is 23.1 Å². The monoisotopic (exact) mass is 928 g/mol. The van der Waals surface area contributed by atoms with Crippen LogP contribution in [0.3, 0.4) is 0 Å². The third-order valence-electron chi connectivity index (χ3n) is 11.5. The fourth-order valence-corrected chi connectivity index (χ4v) is 9.36. The van der Waals surface area contributed by atoms with E-state index in [4.69, 9.17) is 19.4 Å². The van der Waals surface area contributed by atoms with E-state index in [1.54, 1.807) is 28.5 Å². The van der Waals surface area contributed by atoms with Gasteiger partial charge >= 0.3 is 58.7 Å². The van der Waals surface area contributed by atoms with Crippen LogP contribution in [0.5, 0.6) is 5.88 Å². The Balaban J connectivity index is 0.000000440. The number of quaternary nitrogens is 1. The second-order valence-corrected chi connectivity index (χ2v) is 19.8. The summed E-state index contributed by atoms with van der Waals surface area (Å²) in [6.07, 6.45) is 15.5. The van der Waals surface area contributed by atoms with Gasteiger partial charge in [-0.3, -0.25) is 18.3 Å². The molecule has 4 fully saturated rings. The third kappa shape index (κ3) is 18.4. The first-order chi connectivity index (χ1) is 27.7. The Kier molecular flexibility index (Phi) is 26.0. The van der Waals surface area contributed by atoms with Gasteiger partial charge in [-0.15, -0.1) is 22.9 Å². The average Bonchev–Trinajstić information content (AvgIpc) is 3.53. The van der Waals surface area contributed by atoms with E-state index in [9.17, 15) is 17.0 Å². The molecule has 3 aromatic rings. The van der Waals surface area contributed by atoms with Gasteiger partial charge in [-0.2, -0.15) is 0 Å². The Morgan fingerprint density at radius 1 is 0.983 bits per heavy atom. The Morgan fingerprint density at radius 3 is 2.08 bits per heavy atom. The number of nitrogens with zero attached hydrogens (tertiary/aromatic N) is 5. The zero-order valence-corrected chi connectivity index (χ0v) is 42.8. The molecule has 3 aliphatic heterocycles. The number of morpholine rings is 1. The molecule has 0 radical (unpaired) electrons. The van der Waals surface area contributed by atoms with Gasteiger partial charge in [0, 0.05) is 41.8 Å². The zero-order chi connectivity index (χ0) is 42.2. The number of hydrogen-bond acceptors (Lipinski definition) is 10. The molecule has 0 amide bonds. The van der Waals surface area contributed by atoms with Crippen LogP contribution in [0.1, 0.15) is 95.9 Å². The molecule has 19 heteroatoms. The zero-order valence-electron chi connectivity index (χ0n) is 37.3. The molecule has 7 rings (SSSR count). The number of nitrogens with one attached hydrogen (secondary N) is 2. The van der Waals surface area contributed by atoms with Crippen molar-refractivity contribution in [3.05, 3.63) is 22.7 Å².